The van der Waals surface area contributed by atoms with E-state index in [4.69, 9.17) is 4.74 Å². The first-order valence-electron chi connectivity index (χ1n) is 7.83. The Morgan fingerprint density at radius 1 is 1.25 bits per heavy atom. The first-order chi connectivity index (χ1) is 9.80. The molecule has 3 atom stereocenters. The fourth-order valence-corrected chi connectivity index (χ4v) is 3.78. The number of aliphatic hydroxyl groups excluding tert-OH is 1. The van der Waals surface area contributed by atoms with Crippen molar-refractivity contribution >= 4 is 0 Å². The number of hydrogen-bond acceptors (Lipinski definition) is 3. The summed E-state index contributed by atoms with van der Waals surface area (Å²) >= 11 is 0. The standard InChI is InChI=1S/C17H25NO2/c1-20-16-8-6-12-5-7-15(9-14(12)10-16)18-17-4-2-3-13(17)11-19/h6,8,10,13,15,17-19H,2-5,7,9,11H2,1H3. The van der Waals surface area contributed by atoms with Crippen molar-refractivity contribution in [1.29, 1.82) is 0 Å². The molecule has 3 unspecified atom stereocenters. The first kappa shape index (κ1) is 13.9. The normalized spacial score (nSPS) is 29.2. The first-order valence-corrected chi connectivity index (χ1v) is 7.83. The smallest absolute Gasteiger partial charge is 0.119 e. The Morgan fingerprint density at radius 2 is 2.15 bits per heavy atom. The van der Waals surface area contributed by atoms with E-state index in [-0.39, 0.29) is 0 Å². The lowest BCUT2D eigenvalue weighted by Gasteiger charge is -2.30. The van der Waals surface area contributed by atoms with Crippen molar-refractivity contribution in [3.63, 3.8) is 0 Å². The summed E-state index contributed by atoms with van der Waals surface area (Å²) in [5.41, 5.74) is 2.89. The zero-order chi connectivity index (χ0) is 13.9. The topological polar surface area (TPSA) is 41.5 Å². The molecule has 1 aromatic carbocycles. The Bertz CT molecular complexity index is 460. The second kappa shape index (κ2) is 6.15. The summed E-state index contributed by atoms with van der Waals surface area (Å²) in [6, 6.07) is 7.51. The minimum atomic E-state index is 0.328. The molecule has 0 aliphatic heterocycles. The summed E-state index contributed by atoms with van der Waals surface area (Å²) in [5.74, 6) is 1.42. The van der Waals surface area contributed by atoms with E-state index in [0.717, 1.165) is 18.6 Å². The van der Waals surface area contributed by atoms with Gasteiger partial charge in [0.15, 0.2) is 0 Å². The number of hydrogen-bond donors (Lipinski definition) is 2. The maximum Gasteiger partial charge on any atom is 0.119 e. The Hall–Kier alpha value is -1.06. The van der Waals surface area contributed by atoms with Gasteiger partial charge in [-0.2, -0.15) is 0 Å². The van der Waals surface area contributed by atoms with Crippen molar-refractivity contribution in [3.05, 3.63) is 29.3 Å². The molecule has 0 radical (unpaired) electrons. The Morgan fingerprint density at radius 3 is 2.95 bits per heavy atom. The van der Waals surface area contributed by atoms with E-state index in [9.17, 15) is 5.11 Å². The number of methoxy groups -OCH3 is 1. The maximum atomic E-state index is 9.44. The molecule has 1 aromatic rings. The van der Waals surface area contributed by atoms with Crippen LogP contribution < -0.4 is 10.1 Å². The molecule has 0 heterocycles. The van der Waals surface area contributed by atoms with Gasteiger partial charge in [-0.1, -0.05) is 12.5 Å². The summed E-state index contributed by atoms with van der Waals surface area (Å²) < 4.78 is 5.33. The molecule has 0 aromatic heterocycles. The van der Waals surface area contributed by atoms with Crippen LogP contribution in [0.3, 0.4) is 0 Å². The SMILES string of the molecule is COc1ccc2c(c1)CC(NC1CCCC1CO)CC2. The molecule has 3 heteroatoms. The predicted molar refractivity (Wildman–Crippen MR) is 80.2 cm³/mol. The molecule has 0 bridgehead atoms. The minimum Gasteiger partial charge on any atom is -0.497 e. The van der Waals surface area contributed by atoms with Crippen LogP contribution in [0.5, 0.6) is 5.75 Å². The zero-order valence-corrected chi connectivity index (χ0v) is 12.3. The summed E-state index contributed by atoms with van der Waals surface area (Å²) in [5, 5.41) is 13.2. The van der Waals surface area contributed by atoms with Crippen molar-refractivity contribution in [1.82, 2.24) is 5.32 Å². The van der Waals surface area contributed by atoms with Gasteiger partial charge in [0.2, 0.25) is 0 Å². The Labute approximate surface area is 121 Å². The van der Waals surface area contributed by atoms with E-state index < -0.39 is 0 Å². The van der Waals surface area contributed by atoms with Crippen molar-refractivity contribution in [2.24, 2.45) is 5.92 Å². The molecule has 3 rings (SSSR count). The highest BCUT2D eigenvalue weighted by molar-refractivity contribution is 5.37. The second-order valence-corrected chi connectivity index (χ2v) is 6.22. The van der Waals surface area contributed by atoms with E-state index >= 15 is 0 Å². The molecule has 0 saturated heterocycles. The van der Waals surface area contributed by atoms with E-state index in [2.05, 4.69) is 23.5 Å². The van der Waals surface area contributed by atoms with Crippen LogP contribution >= 0.6 is 0 Å². The van der Waals surface area contributed by atoms with Gasteiger partial charge in [0.05, 0.1) is 7.11 Å². The molecule has 1 fully saturated rings. The quantitative estimate of drug-likeness (QED) is 0.886. The second-order valence-electron chi connectivity index (χ2n) is 6.22. The molecule has 0 spiro atoms. The highest BCUT2D eigenvalue weighted by Crippen LogP contribution is 2.29. The zero-order valence-electron chi connectivity index (χ0n) is 12.3. The molecule has 3 nitrogen and oxygen atoms in total. The summed E-state index contributed by atoms with van der Waals surface area (Å²) in [6.07, 6.45) is 7.07. The molecule has 2 aliphatic rings. The fraction of sp³-hybridized carbons (Fsp3) is 0.647. The van der Waals surface area contributed by atoms with Crippen LogP contribution in [-0.2, 0) is 12.8 Å². The van der Waals surface area contributed by atoms with Gasteiger partial charge < -0.3 is 15.2 Å². The summed E-state index contributed by atoms with van der Waals surface area (Å²) in [7, 11) is 1.73. The molecule has 20 heavy (non-hydrogen) atoms. The minimum absolute atomic E-state index is 0.328. The van der Waals surface area contributed by atoms with Crippen molar-refractivity contribution in [3.8, 4) is 5.75 Å². The van der Waals surface area contributed by atoms with Crippen LogP contribution in [0.1, 0.15) is 36.8 Å². The lowest BCUT2D eigenvalue weighted by atomic mass is 9.87. The number of fused-ring (bicyclic) bond motifs is 1. The average Bonchev–Trinajstić information content (AvgIpc) is 2.93. The van der Waals surface area contributed by atoms with Crippen molar-refractivity contribution < 1.29 is 9.84 Å². The molecule has 2 aliphatic carbocycles. The van der Waals surface area contributed by atoms with E-state index in [0.29, 0.717) is 24.6 Å². The van der Waals surface area contributed by atoms with Gasteiger partial charge in [-0.15, -0.1) is 0 Å². The van der Waals surface area contributed by atoms with E-state index in [1.165, 1.54) is 36.8 Å². The summed E-state index contributed by atoms with van der Waals surface area (Å²) in [4.78, 5) is 0. The third kappa shape index (κ3) is 2.84. The Balaban J connectivity index is 1.65. The van der Waals surface area contributed by atoms with Gasteiger partial charge in [-0.05, 0) is 61.3 Å². The number of ether oxygens (including phenoxy) is 1. The maximum absolute atomic E-state index is 9.44. The van der Waals surface area contributed by atoms with Gasteiger partial charge in [-0.25, -0.2) is 0 Å². The molecular formula is C17H25NO2. The van der Waals surface area contributed by atoms with Gasteiger partial charge in [-0.3, -0.25) is 0 Å². The van der Waals surface area contributed by atoms with E-state index in [1.54, 1.807) is 7.11 Å². The fourth-order valence-electron chi connectivity index (χ4n) is 3.78. The lowest BCUT2D eigenvalue weighted by molar-refractivity contribution is 0.197. The van der Waals surface area contributed by atoms with Gasteiger partial charge in [0, 0.05) is 18.7 Å². The van der Waals surface area contributed by atoms with Crippen molar-refractivity contribution in [2.45, 2.75) is 50.6 Å². The third-order valence-electron chi connectivity index (χ3n) is 4.99. The van der Waals surface area contributed by atoms with Crippen LogP contribution in [0.25, 0.3) is 0 Å². The van der Waals surface area contributed by atoms with Crippen LogP contribution in [-0.4, -0.2) is 30.9 Å². The monoisotopic (exact) mass is 275 g/mol. The van der Waals surface area contributed by atoms with Gasteiger partial charge in [0.25, 0.3) is 0 Å². The number of rotatable bonds is 4. The van der Waals surface area contributed by atoms with E-state index in [1.807, 2.05) is 0 Å². The van der Waals surface area contributed by atoms with Gasteiger partial charge in [0.1, 0.15) is 5.75 Å². The number of aryl methyl sites for hydroxylation is 1. The van der Waals surface area contributed by atoms with Gasteiger partial charge >= 0.3 is 0 Å². The molecule has 2 N–H and O–H groups in total. The average molecular weight is 275 g/mol. The number of aliphatic hydroxyl groups is 1. The van der Waals surface area contributed by atoms with Crippen LogP contribution in [0, 0.1) is 5.92 Å². The predicted octanol–water partition coefficient (Wildman–Crippen LogP) is 2.30. The number of benzene rings is 1. The highest BCUT2D eigenvalue weighted by atomic mass is 16.5. The highest BCUT2D eigenvalue weighted by Gasteiger charge is 2.29. The largest absolute Gasteiger partial charge is 0.497 e. The molecule has 110 valence electrons. The van der Waals surface area contributed by atoms with Crippen molar-refractivity contribution in [2.75, 3.05) is 13.7 Å². The Kier molecular flexibility index (Phi) is 4.27. The molecular weight excluding hydrogens is 250 g/mol. The molecule has 0 amide bonds. The molecule has 1 saturated carbocycles. The lowest BCUT2D eigenvalue weighted by Crippen LogP contribution is -2.44. The van der Waals surface area contributed by atoms with Crippen LogP contribution in [0.4, 0.5) is 0 Å². The van der Waals surface area contributed by atoms with Crippen LogP contribution in [0.2, 0.25) is 0 Å². The van der Waals surface area contributed by atoms with Crippen LogP contribution in [0.15, 0.2) is 18.2 Å². The number of nitrogens with one attached hydrogen (secondary N) is 1. The summed E-state index contributed by atoms with van der Waals surface area (Å²) in [6.45, 7) is 0.328. The third-order valence-corrected chi connectivity index (χ3v) is 4.99.